The molecule has 0 radical (unpaired) electrons. The van der Waals surface area contributed by atoms with Crippen LogP contribution in [0.25, 0.3) is 22.3 Å². The third kappa shape index (κ3) is 3.66. The second-order valence-corrected chi connectivity index (χ2v) is 5.71. The molecule has 148 valence electrons. The number of rotatable bonds is 7. The Hall–Kier alpha value is -3.43. The molecule has 28 heavy (non-hydrogen) atoms. The minimum absolute atomic E-state index is 0.0202. The highest BCUT2D eigenvalue weighted by molar-refractivity contribution is 5.88. The Morgan fingerprint density at radius 1 is 0.893 bits per heavy atom. The van der Waals surface area contributed by atoms with E-state index < -0.39 is 11.2 Å². The van der Waals surface area contributed by atoms with Crippen LogP contribution >= 0.6 is 0 Å². The van der Waals surface area contributed by atoms with Crippen LogP contribution in [-0.2, 0) is 9.47 Å². The van der Waals surface area contributed by atoms with E-state index >= 15 is 0 Å². The summed E-state index contributed by atoms with van der Waals surface area (Å²) in [6.07, 6.45) is 0. The van der Waals surface area contributed by atoms with E-state index in [0.717, 1.165) is 0 Å². The zero-order valence-electron chi connectivity index (χ0n) is 15.1. The van der Waals surface area contributed by atoms with Crippen molar-refractivity contribution in [3.05, 3.63) is 40.6 Å². The summed E-state index contributed by atoms with van der Waals surface area (Å²) in [6.45, 7) is -0.313. The van der Waals surface area contributed by atoms with E-state index in [1.54, 1.807) is 0 Å². The van der Waals surface area contributed by atoms with E-state index in [9.17, 15) is 20.1 Å². The quantitative estimate of drug-likeness (QED) is 0.412. The van der Waals surface area contributed by atoms with Gasteiger partial charge in [-0.15, -0.1) is 0 Å². The second-order valence-electron chi connectivity index (χ2n) is 5.71. The van der Waals surface area contributed by atoms with E-state index in [0.29, 0.717) is 0 Å². The third-order valence-electron chi connectivity index (χ3n) is 3.81. The molecule has 3 aromatic rings. The molecule has 0 atom stereocenters. The van der Waals surface area contributed by atoms with Crippen molar-refractivity contribution in [2.75, 3.05) is 27.8 Å². The first-order chi connectivity index (χ1) is 13.5. The zero-order valence-corrected chi connectivity index (χ0v) is 15.1. The average Bonchev–Trinajstić information content (AvgIpc) is 2.67. The molecule has 2 aromatic carbocycles. The van der Waals surface area contributed by atoms with Gasteiger partial charge in [-0.3, -0.25) is 4.79 Å². The molecule has 9 nitrogen and oxygen atoms in total. The van der Waals surface area contributed by atoms with Gasteiger partial charge in [0, 0.05) is 31.9 Å². The maximum Gasteiger partial charge on any atom is 0.239 e. The van der Waals surface area contributed by atoms with Crippen molar-refractivity contribution in [3.63, 3.8) is 0 Å². The Labute approximate surface area is 158 Å². The molecule has 0 aliphatic carbocycles. The van der Waals surface area contributed by atoms with Gasteiger partial charge >= 0.3 is 0 Å². The van der Waals surface area contributed by atoms with Crippen molar-refractivity contribution in [2.24, 2.45) is 0 Å². The summed E-state index contributed by atoms with van der Waals surface area (Å²) >= 11 is 0. The molecule has 0 unspecified atom stereocenters. The molecule has 0 aliphatic rings. The molecule has 9 heteroatoms. The predicted molar refractivity (Wildman–Crippen MR) is 97.9 cm³/mol. The summed E-state index contributed by atoms with van der Waals surface area (Å²) in [4.78, 5) is 12.9. The van der Waals surface area contributed by atoms with Crippen molar-refractivity contribution in [3.8, 4) is 40.1 Å². The predicted octanol–water partition coefficient (Wildman–Crippen LogP) is 2.54. The summed E-state index contributed by atoms with van der Waals surface area (Å²) in [5, 5.41) is 29.5. The number of phenols is 3. The number of fused-ring (bicyclic) bond motifs is 1. The average molecular weight is 390 g/mol. The smallest absolute Gasteiger partial charge is 0.239 e. The van der Waals surface area contributed by atoms with Crippen LogP contribution in [0.1, 0.15) is 0 Å². The first kappa shape index (κ1) is 19.3. The normalized spacial score (nSPS) is 10.9. The lowest BCUT2D eigenvalue weighted by molar-refractivity contribution is 0.0495. The fourth-order valence-corrected chi connectivity index (χ4v) is 2.57. The van der Waals surface area contributed by atoms with E-state index in [4.69, 9.17) is 23.4 Å². The van der Waals surface area contributed by atoms with Gasteiger partial charge in [0.05, 0.1) is 0 Å². The van der Waals surface area contributed by atoms with Crippen molar-refractivity contribution < 1.29 is 38.7 Å². The first-order valence-electron chi connectivity index (χ1n) is 8.06. The van der Waals surface area contributed by atoms with Gasteiger partial charge in [-0.1, -0.05) is 0 Å². The standard InChI is InChI=1S/C19H18O9/c1-24-8-26-11-6-14(22)16-15(7-11)28-18(19(17(16)23)27-9-25-2)10-3-4-12(20)13(21)5-10/h3-7,20-22H,8-9H2,1-2H3. The topological polar surface area (TPSA) is 128 Å². The SMILES string of the molecule is COCOc1cc(O)c2c(=O)c(OCOC)c(-c3ccc(O)c(O)c3)oc2c1. The first-order valence-corrected chi connectivity index (χ1v) is 8.06. The number of hydrogen-bond acceptors (Lipinski definition) is 9. The Kier molecular flexibility index (Phi) is 5.57. The van der Waals surface area contributed by atoms with Crippen molar-refractivity contribution in [1.29, 1.82) is 0 Å². The summed E-state index contributed by atoms with van der Waals surface area (Å²) < 4.78 is 26.1. The van der Waals surface area contributed by atoms with E-state index in [1.165, 1.54) is 44.6 Å². The summed E-state index contributed by atoms with van der Waals surface area (Å²) in [5.74, 6) is -1.12. The Bertz CT molecular complexity index is 1060. The van der Waals surface area contributed by atoms with Gasteiger partial charge in [0.1, 0.15) is 22.5 Å². The molecule has 3 N–H and O–H groups in total. The van der Waals surface area contributed by atoms with Crippen LogP contribution in [-0.4, -0.2) is 43.1 Å². The minimum Gasteiger partial charge on any atom is -0.507 e. The number of ether oxygens (including phenoxy) is 4. The van der Waals surface area contributed by atoms with Gasteiger partial charge in [-0.2, -0.15) is 0 Å². The van der Waals surface area contributed by atoms with Crippen LogP contribution in [0.3, 0.4) is 0 Å². The molecular formula is C19H18O9. The molecule has 1 aromatic heterocycles. The Morgan fingerprint density at radius 3 is 2.29 bits per heavy atom. The van der Waals surface area contributed by atoms with E-state index in [1.807, 2.05) is 0 Å². The number of methoxy groups -OCH3 is 2. The van der Waals surface area contributed by atoms with Crippen molar-refractivity contribution >= 4 is 11.0 Å². The zero-order chi connectivity index (χ0) is 20.3. The largest absolute Gasteiger partial charge is 0.507 e. The van der Waals surface area contributed by atoms with Crippen molar-refractivity contribution in [1.82, 2.24) is 0 Å². The lowest BCUT2D eigenvalue weighted by atomic mass is 10.1. The van der Waals surface area contributed by atoms with Crippen LogP contribution in [0.4, 0.5) is 0 Å². The molecule has 0 spiro atoms. The fourth-order valence-electron chi connectivity index (χ4n) is 2.57. The van der Waals surface area contributed by atoms with Gasteiger partial charge in [0.2, 0.25) is 11.2 Å². The molecule has 0 saturated heterocycles. The molecule has 0 fully saturated rings. The highest BCUT2D eigenvalue weighted by Gasteiger charge is 2.21. The highest BCUT2D eigenvalue weighted by Crippen LogP contribution is 2.38. The monoisotopic (exact) mass is 390 g/mol. The summed E-state index contributed by atoms with van der Waals surface area (Å²) in [5.41, 5.74) is -0.344. The van der Waals surface area contributed by atoms with Crippen LogP contribution < -0.4 is 14.9 Å². The molecule has 0 amide bonds. The molecular weight excluding hydrogens is 372 g/mol. The molecule has 0 saturated carbocycles. The second kappa shape index (κ2) is 8.07. The van der Waals surface area contributed by atoms with Crippen LogP contribution in [0.5, 0.6) is 28.7 Å². The van der Waals surface area contributed by atoms with Gasteiger partial charge in [-0.25, -0.2) is 0 Å². The number of hydrogen-bond donors (Lipinski definition) is 3. The minimum atomic E-state index is -0.642. The van der Waals surface area contributed by atoms with Crippen LogP contribution in [0.15, 0.2) is 39.5 Å². The summed E-state index contributed by atoms with van der Waals surface area (Å²) in [7, 11) is 2.82. The molecule has 1 heterocycles. The van der Waals surface area contributed by atoms with E-state index in [2.05, 4.69) is 0 Å². The van der Waals surface area contributed by atoms with Crippen molar-refractivity contribution in [2.45, 2.75) is 0 Å². The van der Waals surface area contributed by atoms with Crippen LogP contribution in [0, 0.1) is 0 Å². The maximum atomic E-state index is 12.9. The summed E-state index contributed by atoms with van der Waals surface area (Å²) in [6, 6.07) is 6.56. The lowest BCUT2D eigenvalue weighted by Gasteiger charge is -2.13. The van der Waals surface area contributed by atoms with Crippen LogP contribution in [0.2, 0.25) is 0 Å². The van der Waals surface area contributed by atoms with Gasteiger partial charge in [0.15, 0.2) is 30.8 Å². The van der Waals surface area contributed by atoms with Gasteiger partial charge in [0.25, 0.3) is 0 Å². The molecule has 0 aliphatic heterocycles. The molecule has 0 bridgehead atoms. The molecule has 3 rings (SSSR count). The van der Waals surface area contributed by atoms with E-state index in [-0.39, 0.29) is 58.9 Å². The fraction of sp³-hybridized carbons (Fsp3) is 0.211. The highest BCUT2D eigenvalue weighted by atomic mass is 16.7. The third-order valence-corrected chi connectivity index (χ3v) is 3.81. The lowest BCUT2D eigenvalue weighted by Crippen LogP contribution is -2.12. The van der Waals surface area contributed by atoms with Gasteiger partial charge < -0.3 is 38.7 Å². The maximum absolute atomic E-state index is 12.9. The van der Waals surface area contributed by atoms with Gasteiger partial charge in [-0.05, 0) is 18.2 Å². The number of aromatic hydroxyl groups is 3. The number of phenolic OH excluding ortho intramolecular Hbond substituents is 3. The Morgan fingerprint density at radius 2 is 1.61 bits per heavy atom. The Balaban J connectivity index is 2.27. The number of benzene rings is 2.